The molecule has 0 unspecified atom stereocenters. The minimum atomic E-state index is -4.32. The van der Waals surface area contributed by atoms with Gasteiger partial charge in [-0.3, -0.25) is 9.62 Å². The van der Waals surface area contributed by atoms with Crippen molar-refractivity contribution in [1.29, 1.82) is 0 Å². The molecule has 1 aromatic heterocycles. The molecule has 2 aromatic carbocycles. The number of nitrogens with zero attached hydrogens (tertiary/aromatic N) is 3. The van der Waals surface area contributed by atoms with Crippen molar-refractivity contribution in [3.8, 4) is 0 Å². The first kappa shape index (κ1) is 21.8. The van der Waals surface area contributed by atoms with E-state index in [-0.39, 0.29) is 23.3 Å². The molecule has 6 nitrogen and oxygen atoms in total. The molecule has 1 N–H and O–H groups in total. The molecule has 0 spiro atoms. The Hall–Kier alpha value is -2.43. The van der Waals surface area contributed by atoms with Crippen molar-refractivity contribution in [2.75, 3.05) is 11.3 Å². The standard InChI is InChI=1S/C21H22F2N4O2S2/c1-14-7-8-27(19(9-14)15-5-3-2-4-6-15)12-16-10-18(23)20(11-17(16)22)31(28,29)26-21-24-13-25-30-21/h2-6,10-11,13-14,19H,7-9,12H2,1H3,(H,24,25,26)/t14-,19+/m1/s1. The lowest BCUT2D eigenvalue weighted by atomic mass is 9.88. The van der Waals surface area contributed by atoms with Crippen LogP contribution in [0, 0.1) is 17.6 Å². The van der Waals surface area contributed by atoms with Gasteiger partial charge in [-0.1, -0.05) is 37.3 Å². The van der Waals surface area contributed by atoms with Gasteiger partial charge in [0.2, 0.25) is 5.13 Å². The lowest BCUT2D eigenvalue weighted by molar-refractivity contribution is 0.109. The summed E-state index contributed by atoms with van der Waals surface area (Å²) in [4.78, 5) is 5.08. The number of hydrogen-bond donors (Lipinski definition) is 1. The molecule has 2 atom stereocenters. The maximum atomic E-state index is 14.9. The van der Waals surface area contributed by atoms with E-state index < -0.39 is 26.6 Å². The summed E-state index contributed by atoms with van der Waals surface area (Å²) >= 11 is 0.805. The molecule has 2 heterocycles. The minimum Gasteiger partial charge on any atom is -0.292 e. The maximum absolute atomic E-state index is 14.9. The molecule has 1 aliphatic heterocycles. The SMILES string of the molecule is C[C@@H]1CCN(Cc2cc(F)c(S(=O)(=O)Nc3ncns3)cc2F)[C@H](c2ccccc2)C1. The van der Waals surface area contributed by atoms with Gasteiger partial charge in [-0.2, -0.15) is 4.37 Å². The van der Waals surface area contributed by atoms with E-state index in [9.17, 15) is 17.2 Å². The van der Waals surface area contributed by atoms with Crippen LogP contribution in [0.3, 0.4) is 0 Å². The number of likely N-dealkylation sites (tertiary alicyclic amines) is 1. The summed E-state index contributed by atoms with van der Waals surface area (Å²) < 4.78 is 60.4. The fourth-order valence-electron chi connectivity index (χ4n) is 3.91. The van der Waals surface area contributed by atoms with Gasteiger partial charge in [0.25, 0.3) is 10.0 Å². The van der Waals surface area contributed by atoms with Crippen LogP contribution in [-0.4, -0.2) is 29.2 Å². The molecular formula is C21H22F2N4O2S2. The third-order valence-corrected chi connectivity index (χ3v) is 7.57. The molecule has 0 saturated carbocycles. The van der Waals surface area contributed by atoms with Gasteiger partial charge in [-0.15, -0.1) is 0 Å². The van der Waals surface area contributed by atoms with Crippen LogP contribution in [-0.2, 0) is 16.6 Å². The first-order chi connectivity index (χ1) is 14.8. The van der Waals surface area contributed by atoms with E-state index in [2.05, 4.69) is 25.9 Å². The summed E-state index contributed by atoms with van der Waals surface area (Å²) in [5.41, 5.74) is 1.26. The fraction of sp³-hybridized carbons (Fsp3) is 0.333. The van der Waals surface area contributed by atoms with Gasteiger partial charge in [0.1, 0.15) is 22.9 Å². The molecule has 1 aliphatic rings. The monoisotopic (exact) mass is 464 g/mol. The number of sulfonamides is 1. The maximum Gasteiger partial charge on any atom is 0.266 e. The van der Waals surface area contributed by atoms with Gasteiger partial charge < -0.3 is 0 Å². The highest BCUT2D eigenvalue weighted by atomic mass is 32.2. The summed E-state index contributed by atoms with van der Waals surface area (Å²) in [6, 6.07) is 11.8. The van der Waals surface area contributed by atoms with Gasteiger partial charge in [0.15, 0.2) is 0 Å². The molecule has 1 fully saturated rings. The van der Waals surface area contributed by atoms with Gasteiger partial charge >= 0.3 is 0 Å². The predicted molar refractivity (Wildman–Crippen MR) is 115 cm³/mol. The quantitative estimate of drug-likeness (QED) is 0.578. The van der Waals surface area contributed by atoms with Crippen molar-refractivity contribution >= 4 is 26.7 Å². The van der Waals surface area contributed by atoms with E-state index in [0.717, 1.165) is 48.6 Å². The normalized spacial score (nSPS) is 20.0. The van der Waals surface area contributed by atoms with E-state index in [0.29, 0.717) is 5.92 Å². The highest BCUT2D eigenvalue weighted by Gasteiger charge is 2.29. The van der Waals surface area contributed by atoms with E-state index in [1.54, 1.807) is 0 Å². The molecule has 1 saturated heterocycles. The Kier molecular flexibility index (Phi) is 6.31. The average Bonchev–Trinajstić information content (AvgIpc) is 3.24. The first-order valence-electron chi connectivity index (χ1n) is 9.90. The zero-order valence-electron chi connectivity index (χ0n) is 16.8. The topological polar surface area (TPSA) is 75.2 Å². The number of hydrogen-bond acceptors (Lipinski definition) is 6. The van der Waals surface area contributed by atoms with E-state index in [1.165, 1.54) is 6.33 Å². The first-order valence-corrected chi connectivity index (χ1v) is 12.2. The fourth-order valence-corrected chi connectivity index (χ4v) is 5.64. The lowest BCUT2D eigenvalue weighted by Gasteiger charge is -2.39. The molecule has 0 bridgehead atoms. The van der Waals surface area contributed by atoms with Crippen molar-refractivity contribution in [3.63, 3.8) is 0 Å². The van der Waals surface area contributed by atoms with Gasteiger partial charge in [-0.25, -0.2) is 22.2 Å². The Bertz CT molecular complexity index is 1140. The second-order valence-corrected chi connectivity index (χ2v) is 10.2. The number of halogens is 2. The highest BCUT2D eigenvalue weighted by Crippen LogP contribution is 2.35. The van der Waals surface area contributed by atoms with E-state index in [4.69, 9.17) is 0 Å². The third-order valence-electron chi connectivity index (χ3n) is 5.51. The van der Waals surface area contributed by atoms with E-state index in [1.807, 2.05) is 30.3 Å². The number of rotatable bonds is 6. The Morgan fingerprint density at radius 1 is 1.19 bits per heavy atom. The Morgan fingerprint density at radius 2 is 1.97 bits per heavy atom. The van der Waals surface area contributed by atoms with Gasteiger partial charge in [-0.05, 0) is 43.0 Å². The van der Waals surface area contributed by atoms with Gasteiger partial charge in [0, 0.05) is 29.7 Å². The highest BCUT2D eigenvalue weighted by molar-refractivity contribution is 7.93. The molecule has 0 amide bonds. The van der Waals surface area contributed by atoms with Gasteiger partial charge in [0.05, 0.1) is 0 Å². The van der Waals surface area contributed by atoms with Crippen LogP contribution in [0.15, 0.2) is 53.7 Å². The number of anilines is 1. The molecule has 10 heteroatoms. The van der Waals surface area contributed by atoms with E-state index >= 15 is 0 Å². The molecule has 0 aliphatic carbocycles. The molecule has 31 heavy (non-hydrogen) atoms. The summed E-state index contributed by atoms with van der Waals surface area (Å²) in [7, 11) is -4.32. The van der Waals surface area contributed by atoms with Crippen molar-refractivity contribution in [1.82, 2.24) is 14.3 Å². The smallest absolute Gasteiger partial charge is 0.266 e. The van der Waals surface area contributed by atoms with Crippen molar-refractivity contribution in [2.45, 2.75) is 37.2 Å². The Balaban J connectivity index is 1.59. The predicted octanol–water partition coefficient (Wildman–Crippen LogP) is 4.59. The minimum absolute atomic E-state index is 0.0166. The third kappa shape index (κ3) is 4.91. The van der Waals surface area contributed by atoms with Crippen LogP contribution in [0.5, 0.6) is 0 Å². The number of benzene rings is 2. The molecular weight excluding hydrogens is 442 g/mol. The molecule has 0 radical (unpaired) electrons. The van der Waals surface area contributed by atoms with Crippen molar-refractivity contribution in [2.24, 2.45) is 5.92 Å². The zero-order valence-corrected chi connectivity index (χ0v) is 18.5. The molecule has 4 rings (SSSR count). The largest absolute Gasteiger partial charge is 0.292 e. The van der Waals surface area contributed by atoms with Crippen LogP contribution in [0.4, 0.5) is 13.9 Å². The Morgan fingerprint density at radius 3 is 2.68 bits per heavy atom. The van der Waals surface area contributed by atoms with Crippen molar-refractivity contribution < 1.29 is 17.2 Å². The van der Waals surface area contributed by atoms with Crippen LogP contribution in [0.2, 0.25) is 0 Å². The number of piperidine rings is 1. The zero-order chi connectivity index (χ0) is 22.0. The summed E-state index contributed by atoms with van der Waals surface area (Å²) in [5.74, 6) is -1.23. The van der Waals surface area contributed by atoms with Crippen LogP contribution >= 0.6 is 11.5 Å². The van der Waals surface area contributed by atoms with Crippen LogP contribution in [0.25, 0.3) is 0 Å². The number of nitrogens with one attached hydrogen (secondary N) is 1. The second-order valence-electron chi connectivity index (χ2n) is 7.75. The molecule has 164 valence electrons. The summed E-state index contributed by atoms with van der Waals surface area (Å²) in [5, 5.41) is -0.0166. The van der Waals surface area contributed by atoms with Crippen LogP contribution < -0.4 is 4.72 Å². The summed E-state index contributed by atoms with van der Waals surface area (Å²) in [6.45, 7) is 3.14. The number of aromatic nitrogens is 2. The second kappa shape index (κ2) is 8.97. The Labute approximate surface area is 184 Å². The molecule has 3 aromatic rings. The lowest BCUT2D eigenvalue weighted by Crippen LogP contribution is -2.36. The average molecular weight is 465 g/mol. The van der Waals surface area contributed by atoms with Crippen molar-refractivity contribution in [3.05, 3.63) is 71.6 Å². The van der Waals surface area contributed by atoms with Crippen LogP contribution in [0.1, 0.15) is 36.9 Å². The summed E-state index contributed by atoms with van der Waals surface area (Å²) in [6.07, 6.45) is 3.06.